The van der Waals surface area contributed by atoms with E-state index in [0.29, 0.717) is 19.5 Å². The number of carboxylic acids is 1. The Kier molecular flexibility index (Phi) is 3.85. The first-order chi connectivity index (χ1) is 9.11. The van der Waals surface area contributed by atoms with Gasteiger partial charge in [-0.25, -0.2) is 9.59 Å². The molecule has 0 spiro atoms. The van der Waals surface area contributed by atoms with Crippen molar-refractivity contribution in [1.82, 2.24) is 4.90 Å². The maximum absolute atomic E-state index is 11.7. The zero-order valence-corrected chi connectivity index (χ0v) is 10.5. The molecule has 0 radical (unpaired) electrons. The summed E-state index contributed by atoms with van der Waals surface area (Å²) in [5.74, 6) is -0.964. The largest absolute Gasteiger partial charge is 0.478 e. The summed E-state index contributed by atoms with van der Waals surface area (Å²) in [6, 6.07) is 5.02. The summed E-state index contributed by atoms with van der Waals surface area (Å²) in [7, 11) is 0. The molecule has 1 N–H and O–H groups in total. The van der Waals surface area contributed by atoms with Crippen LogP contribution in [0.2, 0.25) is 0 Å². The second-order valence-corrected chi connectivity index (χ2v) is 4.33. The van der Waals surface area contributed by atoms with Gasteiger partial charge in [-0.05, 0) is 29.7 Å². The summed E-state index contributed by atoms with van der Waals surface area (Å²) in [5, 5.41) is 8.96. The lowest BCUT2D eigenvalue weighted by Gasteiger charge is -2.28. The van der Waals surface area contributed by atoms with E-state index in [0.717, 1.165) is 11.1 Å². The molecule has 5 nitrogen and oxygen atoms in total. The number of carboxylic acid groups (broad SMARTS) is 1. The van der Waals surface area contributed by atoms with Crippen LogP contribution in [0.3, 0.4) is 0 Å². The summed E-state index contributed by atoms with van der Waals surface area (Å²) in [5.41, 5.74) is 2.18. The molecule has 19 heavy (non-hydrogen) atoms. The zero-order valence-electron chi connectivity index (χ0n) is 10.5. The molecule has 1 aliphatic rings. The van der Waals surface area contributed by atoms with E-state index in [1.165, 1.54) is 6.08 Å². The van der Waals surface area contributed by atoms with Crippen LogP contribution in [0.15, 0.2) is 30.9 Å². The van der Waals surface area contributed by atoms with E-state index >= 15 is 0 Å². The van der Waals surface area contributed by atoms with Gasteiger partial charge >= 0.3 is 12.1 Å². The Hall–Kier alpha value is -2.30. The SMILES string of the molecule is C=CCOC(=O)N1CCc2ccc(C(=O)O)cc2C1. The van der Waals surface area contributed by atoms with E-state index in [9.17, 15) is 9.59 Å². The smallest absolute Gasteiger partial charge is 0.410 e. The van der Waals surface area contributed by atoms with Crippen molar-refractivity contribution >= 4 is 12.1 Å². The molecule has 1 aromatic carbocycles. The molecule has 5 heteroatoms. The minimum Gasteiger partial charge on any atom is -0.478 e. The van der Waals surface area contributed by atoms with Crippen LogP contribution in [-0.2, 0) is 17.7 Å². The molecular formula is C14H15NO4. The minimum atomic E-state index is -0.964. The second-order valence-electron chi connectivity index (χ2n) is 4.33. The first kappa shape index (κ1) is 13.1. The fourth-order valence-corrected chi connectivity index (χ4v) is 2.07. The van der Waals surface area contributed by atoms with Crippen LogP contribution in [0.25, 0.3) is 0 Å². The van der Waals surface area contributed by atoms with Gasteiger partial charge in [-0.15, -0.1) is 0 Å². The van der Waals surface area contributed by atoms with E-state index in [2.05, 4.69) is 6.58 Å². The molecule has 0 saturated heterocycles. The Bertz CT molecular complexity index is 524. The number of ether oxygens (including phenoxy) is 1. The molecule has 0 aromatic heterocycles. The van der Waals surface area contributed by atoms with Crippen molar-refractivity contribution in [2.45, 2.75) is 13.0 Å². The lowest BCUT2D eigenvalue weighted by molar-refractivity contribution is 0.0696. The summed E-state index contributed by atoms with van der Waals surface area (Å²) in [6.07, 6.45) is 1.82. The van der Waals surface area contributed by atoms with Crippen LogP contribution in [0.4, 0.5) is 4.79 Å². The molecule has 0 atom stereocenters. The van der Waals surface area contributed by atoms with Crippen molar-refractivity contribution in [3.05, 3.63) is 47.5 Å². The first-order valence-corrected chi connectivity index (χ1v) is 5.99. The van der Waals surface area contributed by atoms with Gasteiger partial charge in [0.2, 0.25) is 0 Å². The molecule has 0 saturated carbocycles. The van der Waals surface area contributed by atoms with Gasteiger partial charge in [0.25, 0.3) is 0 Å². The van der Waals surface area contributed by atoms with Crippen molar-refractivity contribution in [3.8, 4) is 0 Å². The Morgan fingerprint density at radius 3 is 2.89 bits per heavy atom. The molecule has 0 bridgehead atoms. The number of hydrogen-bond donors (Lipinski definition) is 1. The molecule has 1 amide bonds. The molecule has 2 rings (SSSR count). The van der Waals surface area contributed by atoms with Gasteiger partial charge in [-0.1, -0.05) is 18.7 Å². The molecule has 0 aliphatic carbocycles. The highest BCUT2D eigenvalue weighted by atomic mass is 16.6. The predicted octanol–water partition coefficient (Wildman–Crippen LogP) is 2.07. The molecule has 1 aliphatic heterocycles. The maximum Gasteiger partial charge on any atom is 0.410 e. The third-order valence-corrected chi connectivity index (χ3v) is 3.05. The van der Waals surface area contributed by atoms with Crippen LogP contribution in [-0.4, -0.2) is 35.2 Å². The first-order valence-electron chi connectivity index (χ1n) is 5.99. The topological polar surface area (TPSA) is 66.8 Å². The number of benzene rings is 1. The molecule has 0 unspecified atom stereocenters. The van der Waals surface area contributed by atoms with Gasteiger partial charge in [0.05, 0.1) is 5.56 Å². The average Bonchev–Trinajstić information content (AvgIpc) is 2.43. The fourth-order valence-electron chi connectivity index (χ4n) is 2.07. The average molecular weight is 261 g/mol. The molecule has 1 aromatic rings. The van der Waals surface area contributed by atoms with Gasteiger partial charge in [0, 0.05) is 13.1 Å². The number of amides is 1. The van der Waals surface area contributed by atoms with Crippen LogP contribution in [0.1, 0.15) is 21.5 Å². The number of rotatable bonds is 3. The van der Waals surface area contributed by atoms with E-state index in [1.807, 2.05) is 6.07 Å². The Morgan fingerprint density at radius 1 is 1.42 bits per heavy atom. The highest BCUT2D eigenvalue weighted by molar-refractivity contribution is 5.88. The lowest BCUT2D eigenvalue weighted by Crippen LogP contribution is -2.36. The highest BCUT2D eigenvalue weighted by Crippen LogP contribution is 2.21. The van der Waals surface area contributed by atoms with E-state index in [1.54, 1.807) is 17.0 Å². The summed E-state index contributed by atoms with van der Waals surface area (Å²) in [6.45, 7) is 4.62. The maximum atomic E-state index is 11.7. The van der Waals surface area contributed by atoms with Crippen molar-refractivity contribution < 1.29 is 19.4 Å². The van der Waals surface area contributed by atoms with Crippen LogP contribution >= 0.6 is 0 Å². The number of carbonyl (C=O) groups excluding carboxylic acids is 1. The number of nitrogens with zero attached hydrogens (tertiary/aromatic N) is 1. The summed E-state index contributed by atoms with van der Waals surface area (Å²) >= 11 is 0. The van der Waals surface area contributed by atoms with E-state index in [4.69, 9.17) is 9.84 Å². The van der Waals surface area contributed by atoms with Crippen LogP contribution in [0.5, 0.6) is 0 Å². The van der Waals surface area contributed by atoms with Gasteiger partial charge < -0.3 is 14.7 Å². The molecule has 1 heterocycles. The van der Waals surface area contributed by atoms with E-state index in [-0.39, 0.29) is 12.2 Å². The van der Waals surface area contributed by atoms with Crippen molar-refractivity contribution in [2.24, 2.45) is 0 Å². The standard InChI is InChI=1S/C14H15NO4/c1-2-7-19-14(18)15-6-5-10-3-4-11(13(16)17)8-12(10)9-15/h2-4,8H,1,5-7,9H2,(H,16,17). The fraction of sp³-hybridized carbons (Fsp3) is 0.286. The van der Waals surface area contributed by atoms with Crippen molar-refractivity contribution in [1.29, 1.82) is 0 Å². The number of fused-ring (bicyclic) bond motifs is 1. The Morgan fingerprint density at radius 2 is 2.21 bits per heavy atom. The highest BCUT2D eigenvalue weighted by Gasteiger charge is 2.22. The van der Waals surface area contributed by atoms with Crippen molar-refractivity contribution in [2.75, 3.05) is 13.2 Å². The lowest BCUT2D eigenvalue weighted by atomic mass is 9.97. The Balaban J connectivity index is 2.13. The van der Waals surface area contributed by atoms with Gasteiger partial charge in [-0.2, -0.15) is 0 Å². The molecule has 100 valence electrons. The zero-order chi connectivity index (χ0) is 13.8. The van der Waals surface area contributed by atoms with E-state index < -0.39 is 12.1 Å². The van der Waals surface area contributed by atoms with Gasteiger partial charge in [0.1, 0.15) is 6.61 Å². The van der Waals surface area contributed by atoms with Crippen LogP contribution in [0, 0.1) is 0 Å². The monoisotopic (exact) mass is 261 g/mol. The summed E-state index contributed by atoms with van der Waals surface area (Å²) < 4.78 is 4.98. The predicted molar refractivity (Wildman–Crippen MR) is 69.1 cm³/mol. The second kappa shape index (κ2) is 5.56. The number of carbonyl (C=O) groups is 2. The third-order valence-electron chi connectivity index (χ3n) is 3.05. The number of hydrogen-bond acceptors (Lipinski definition) is 3. The molecular weight excluding hydrogens is 246 g/mol. The quantitative estimate of drug-likeness (QED) is 0.846. The molecule has 0 fully saturated rings. The summed E-state index contributed by atoms with van der Waals surface area (Å²) in [4.78, 5) is 24.2. The number of aromatic carboxylic acids is 1. The minimum absolute atomic E-state index is 0.178. The third kappa shape index (κ3) is 2.93. The normalized spacial score (nSPS) is 13.6. The van der Waals surface area contributed by atoms with Crippen LogP contribution < -0.4 is 0 Å². The van der Waals surface area contributed by atoms with Gasteiger partial charge in [0.15, 0.2) is 0 Å². The Labute approximate surface area is 111 Å². The van der Waals surface area contributed by atoms with Crippen molar-refractivity contribution in [3.63, 3.8) is 0 Å². The van der Waals surface area contributed by atoms with Gasteiger partial charge in [-0.3, -0.25) is 0 Å².